The molecule has 2 rings (SSSR count). The van der Waals surface area contributed by atoms with Crippen molar-refractivity contribution in [2.45, 2.75) is 6.42 Å². The number of pyridine rings is 1. The summed E-state index contributed by atoms with van der Waals surface area (Å²) >= 11 is 0. The Balaban J connectivity index is 1.68. The van der Waals surface area contributed by atoms with E-state index in [9.17, 15) is 14.0 Å². The number of rotatable bonds is 6. The Bertz CT molecular complexity index is 651. The Labute approximate surface area is 126 Å². The fourth-order valence-electron chi connectivity index (χ4n) is 1.58. The van der Waals surface area contributed by atoms with Crippen molar-refractivity contribution in [1.29, 1.82) is 0 Å². The number of anilines is 1. The third-order valence-corrected chi connectivity index (χ3v) is 2.60. The number of nitrogens with zero attached hydrogens (tertiary/aromatic N) is 1. The molecule has 2 amide bonds. The monoisotopic (exact) mass is 303 g/mol. The first-order chi connectivity index (χ1) is 10.6. The Morgan fingerprint density at radius 1 is 1.32 bits per heavy atom. The zero-order valence-corrected chi connectivity index (χ0v) is 11.6. The SMILES string of the molecule is O=C(/C=C/c1ccco1)NCCC(=O)Nc1ccc(F)nc1. The number of hydrogen-bond acceptors (Lipinski definition) is 4. The molecule has 0 unspecified atom stereocenters. The van der Waals surface area contributed by atoms with Crippen LogP contribution < -0.4 is 10.6 Å². The minimum Gasteiger partial charge on any atom is -0.465 e. The lowest BCUT2D eigenvalue weighted by Gasteiger charge is -2.05. The number of carbonyl (C=O) groups is 2. The molecule has 0 saturated heterocycles. The fraction of sp³-hybridized carbons (Fsp3) is 0.133. The first-order valence-corrected chi connectivity index (χ1v) is 6.54. The second kappa shape index (κ2) is 7.72. The molecule has 0 fully saturated rings. The smallest absolute Gasteiger partial charge is 0.244 e. The number of amides is 2. The van der Waals surface area contributed by atoms with Gasteiger partial charge in [0.15, 0.2) is 0 Å². The third kappa shape index (κ3) is 5.20. The van der Waals surface area contributed by atoms with Gasteiger partial charge >= 0.3 is 0 Å². The highest BCUT2D eigenvalue weighted by molar-refractivity contribution is 5.93. The molecule has 6 nitrogen and oxygen atoms in total. The highest BCUT2D eigenvalue weighted by Crippen LogP contribution is 2.05. The van der Waals surface area contributed by atoms with E-state index in [1.54, 1.807) is 12.1 Å². The van der Waals surface area contributed by atoms with Crippen LogP contribution in [0.25, 0.3) is 6.08 Å². The molecule has 0 atom stereocenters. The van der Waals surface area contributed by atoms with Crippen molar-refractivity contribution >= 4 is 23.6 Å². The molecule has 2 heterocycles. The molecule has 0 aliphatic carbocycles. The van der Waals surface area contributed by atoms with Crippen LogP contribution in [0.4, 0.5) is 10.1 Å². The van der Waals surface area contributed by atoms with Crippen LogP contribution in [-0.4, -0.2) is 23.3 Å². The molecule has 0 aliphatic rings. The second-order valence-corrected chi connectivity index (χ2v) is 4.31. The van der Waals surface area contributed by atoms with Gasteiger partial charge in [-0.05, 0) is 30.3 Å². The van der Waals surface area contributed by atoms with Crippen LogP contribution in [0.2, 0.25) is 0 Å². The number of carbonyl (C=O) groups excluding carboxylic acids is 2. The maximum Gasteiger partial charge on any atom is 0.244 e. The fourth-order valence-corrected chi connectivity index (χ4v) is 1.58. The molecule has 0 bridgehead atoms. The minimum absolute atomic E-state index is 0.0949. The number of hydrogen-bond donors (Lipinski definition) is 2. The van der Waals surface area contributed by atoms with Crippen LogP contribution in [0.3, 0.4) is 0 Å². The Morgan fingerprint density at radius 3 is 2.86 bits per heavy atom. The van der Waals surface area contributed by atoms with Gasteiger partial charge in [-0.15, -0.1) is 0 Å². The molecular weight excluding hydrogens is 289 g/mol. The maximum absolute atomic E-state index is 12.6. The Morgan fingerprint density at radius 2 is 2.18 bits per heavy atom. The summed E-state index contributed by atoms with van der Waals surface area (Å²) in [5.41, 5.74) is 0.399. The summed E-state index contributed by atoms with van der Waals surface area (Å²) in [4.78, 5) is 26.5. The van der Waals surface area contributed by atoms with Gasteiger partial charge in [0, 0.05) is 19.0 Å². The molecule has 0 radical (unpaired) electrons. The number of aromatic nitrogens is 1. The molecule has 2 aromatic rings. The van der Waals surface area contributed by atoms with E-state index in [2.05, 4.69) is 15.6 Å². The molecule has 0 spiro atoms. The van der Waals surface area contributed by atoms with E-state index in [0.29, 0.717) is 11.4 Å². The highest BCUT2D eigenvalue weighted by Gasteiger charge is 2.04. The molecule has 2 aromatic heterocycles. The van der Waals surface area contributed by atoms with Crippen LogP contribution in [0.5, 0.6) is 0 Å². The van der Waals surface area contributed by atoms with Crippen LogP contribution >= 0.6 is 0 Å². The van der Waals surface area contributed by atoms with Crippen molar-refractivity contribution in [1.82, 2.24) is 10.3 Å². The average molecular weight is 303 g/mol. The number of halogens is 1. The molecule has 2 N–H and O–H groups in total. The Hall–Kier alpha value is -2.96. The molecule has 22 heavy (non-hydrogen) atoms. The quantitative estimate of drug-likeness (QED) is 0.631. The summed E-state index contributed by atoms with van der Waals surface area (Å²) in [6.07, 6.45) is 5.67. The molecule has 0 aromatic carbocycles. The van der Waals surface area contributed by atoms with E-state index < -0.39 is 5.95 Å². The van der Waals surface area contributed by atoms with Gasteiger partial charge in [-0.25, -0.2) is 4.98 Å². The van der Waals surface area contributed by atoms with Crippen molar-refractivity contribution in [3.63, 3.8) is 0 Å². The minimum atomic E-state index is -0.617. The molecular formula is C15H14FN3O3. The first kappa shape index (κ1) is 15.4. The van der Waals surface area contributed by atoms with Crippen LogP contribution in [-0.2, 0) is 9.59 Å². The van der Waals surface area contributed by atoms with Crippen molar-refractivity contribution in [3.8, 4) is 0 Å². The van der Waals surface area contributed by atoms with Gasteiger partial charge in [0.05, 0.1) is 18.1 Å². The summed E-state index contributed by atoms with van der Waals surface area (Å²) in [6.45, 7) is 0.182. The van der Waals surface area contributed by atoms with Gasteiger partial charge < -0.3 is 15.1 Å². The normalized spacial score (nSPS) is 10.6. The maximum atomic E-state index is 12.6. The van der Waals surface area contributed by atoms with Crippen molar-refractivity contribution in [2.75, 3.05) is 11.9 Å². The number of nitrogens with one attached hydrogen (secondary N) is 2. The van der Waals surface area contributed by atoms with Gasteiger partial charge in [-0.1, -0.05) is 0 Å². The standard InChI is InChI=1S/C15H14FN3O3/c16-13-5-3-11(10-18-13)19-15(21)7-8-17-14(20)6-4-12-2-1-9-22-12/h1-6,9-10H,7-8H2,(H,17,20)(H,19,21)/b6-4+. The van der Waals surface area contributed by atoms with E-state index in [1.807, 2.05) is 0 Å². The van der Waals surface area contributed by atoms with Crippen molar-refractivity contribution in [2.24, 2.45) is 0 Å². The lowest BCUT2D eigenvalue weighted by molar-refractivity contribution is -0.117. The predicted octanol–water partition coefficient (Wildman–Crippen LogP) is 1.97. The van der Waals surface area contributed by atoms with Crippen LogP contribution in [0, 0.1) is 5.95 Å². The van der Waals surface area contributed by atoms with E-state index in [0.717, 1.165) is 6.07 Å². The lowest BCUT2D eigenvalue weighted by atomic mass is 10.3. The average Bonchev–Trinajstić information content (AvgIpc) is 3.01. The van der Waals surface area contributed by atoms with Gasteiger partial charge in [0.1, 0.15) is 5.76 Å². The zero-order chi connectivity index (χ0) is 15.8. The van der Waals surface area contributed by atoms with Crippen LogP contribution in [0.1, 0.15) is 12.2 Å². The van der Waals surface area contributed by atoms with Gasteiger partial charge in [-0.3, -0.25) is 9.59 Å². The zero-order valence-electron chi connectivity index (χ0n) is 11.6. The van der Waals surface area contributed by atoms with Crippen molar-refractivity contribution in [3.05, 3.63) is 54.5 Å². The first-order valence-electron chi connectivity index (χ1n) is 6.54. The van der Waals surface area contributed by atoms with Crippen LogP contribution in [0.15, 0.2) is 47.2 Å². The molecule has 7 heteroatoms. The highest BCUT2D eigenvalue weighted by atomic mass is 19.1. The van der Waals surface area contributed by atoms with E-state index in [1.165, 1.54) is 30.7 Å². The molecule has 0 aliphatic heterocycles. The third-order valence-electron chi connectivity index (χ3n) is 2.60. The van der Waals surface area contributed by atoms with E-state index in [-0.39, 0.29) is 24.8 Å². The van der Waals surface area contributed by atoms with E-state index >= 15 is 0 Å². The summed E-state index contributed by atoms with van der Waals surface area (Å²) in [6, 6.07) is 5.99. The molecule has 114 valence electrons. The summed E-state index contributed by atoms with van der Waals surface area (Å²) in [7, 11) is 0. The summed E-state index contributed by atoms with van der Waals surface area (Å²) in [5, 5.41) is 5.11. The van der Waals surface area contributed by atoms with Crippen molar-refractivity contribution < 1.29 is 18.4 Å². The number of furan rings is 1. The predicted molar refractivity (Wildman–Crippen MR) is 78.2 cm³/mol. The topological polar surface area (TPSA) is 84.2 Å². The molecule has 0 saturated carbocycles. The largest absolute Gasteiger partial charge is 0.465 e. The van der Waals surface area contributed by atoms with Gasteiger partial charge in [0.25, 0.3) is 0 Å². The summed E-state index contributed by atoms with van der Waals surface area (Å²) in [5.74, 6) is -0.679. The lowest BCUT2D eigenvalue weighted by Crippen LogP contribution is -2.26. The summed E-state index contributed by atoms with van der Waals surface area (Å²) < 4.78 is 17.6. The van der Waals surface area contributed by atoms with E-state index in [4.69, 9.17) is 4.42 Å². The van der Waals surface area contributed by atoms with Gasteiger partial charge in [0.2, 0.25) is 17.8 Å². The Kier molecular flexibility index (Phi) is 5.42. The second-order valence-electron chi connectivity index (χ2n) is 4.31. The van der Waals surface area contributed by atoms with Gasteiger partial charge in [-0.2, -0.15) is 4.39 Å².